The first-order valence-corrected chi connectivity index (χ1v) is 5.37. The second kappa shape index (κ2) is 5.00. The molecule has 1 aromatic rings. The number of benzene rings is 1. The predicted octanol–water partition coefficient (Wildman–Crippen LogP) is 3.08. The molecule has 0 saturated carbocycles. The van der Waals surface area contributed by atoms with Gasteiger partial charge in [0.25, 0.3) is 0 Å². The van der Waals surface area contributed by atoms with Crippen LogP contribution in [0.2, 0.25) is 0 Å². The third-order valence-electron chi connectivity index (χ3n) is 2.65. The van der Waals surface area contributed by atoms with Crippen molar-refractivity contribution < 1.29 is 26.7 Å². The fraction of sp³-hybridized carbons (Fsp3) is 0.250. The van der Waals surface area contributed by atoms with Gasteiger partial charge in [-0.3, -0.25) is 0 Å². The van der Waals surface area contributed by atoms with Gasteiger partial charge >= 0.3 is 6.18 Å². The van der Waals surface area contributed by atoms with Crippen molar-refractivity contribution in [3.05, 3.63) is 41.2 Å². The topological polar surface area (TPSA) is 36.3 Å². The molecule has 0 fully saturated rings. The maximum atomic E-state index is 13.7. The van der Waals surface area contributed by atoms with Crippen molar-refractivity contribution in [1.29, 1.82) is 5.26 Å². The van der Waals surface area contributed by atoms with Crippen LogP contribution in [-0.4, -0.2) is 19.5 Å². The Labute approximate surface area is 110 Å². The number of alkyl halides is 3. The maximum absolute atomic E-state index is 13.7. The largest absolute Gasteiger partial charge is 0.468 e. The van der Waals surface area contributed by atoms with Gasteiger partial charge in [0, 0.05) is 12.6 Å². The normalized spacial score (nSPS) is 15.4. The van der Waals surface area contributed by atoms with Crippen LogP contribution in [0.5, 0.6) is 0 Å². The quantitative estimate of drug-likeness (QED) is 0.746. The van der Waals surface area contributed by atoms with Crippen molar-refractivity contribution in [3.8, 4) is 6.07 Å². The molecular formula is C12H7F5N2O. The molecule has 0 amide bonds. The average molecular weight is 290 g/mol. The maximum Gasteiger partial charge on any atom is 0.448 e. The number of nitriles is 1. The lowest BCUT2D eigenvalue weighted by molar-refractivity contribution is -0.132. The first-order chi connectivity index (χ1) is 9.32. The summed E-state index contributed by atoms with van der Waals surface area (Å²) in [6.45, 7) is -0.843. The summed E-state index contributed by atoms with van der Waals surface area (Å²) in [5.74, 6) is -3.02. The molecule has 0 bridgehead atoms. The van der Waals surface area contributed by atoms with Gasteiger partial charge in [-0.05, 0) is 12.1 Å². The summed E-state index contributed by atoms with van der Waals surface area (Å²) >= 11 is 0. The molecule has 1 aromatic carbocycles. The zero-order valence-electron chi connectivity index (χ0n) is 9.84. The number of nitrogens with zero attached hydrogens (tertiary/aromatic N) is 2. The highest BCUT2D eigenvalue weighted by atomic mass is 19.4. The SMILES string of the molecule is N#Cc1cc(F)c(N2CC=C(C(F)(F)F)OC2)cc1F. The third-order valence-corrected chi connectivity index (χ3v) is 2.65. The van der Waals surface area contributed by atoms with E-state index in [1.54, 1.807) is 0 Å². The minimum Gasteiger partial charge on any atom is -0.468 e. The highest BCUT2D eigenvalue weighted by Crippen LogP contribution is 2.31. The predicted molar refractivity (Wildman–Crippen MR) is 58.5 cm³/mol. The van der Waals surface area contributed by atoms with Gasteiger partial charge in [-0.15, -0.1) is 0 Å². The lowest BCUT2D eigenvalue weighted by Crippen LogP contribution is -2.34. The lowest BCUT2D eigenvalue weighted by Gasteiger charge is -2.29. The zero-order valence-corrected chi connectivity index (χ0v) is 9.84. The van der Waals surface area contributed by atoms with E-state index < -0.39 is 35.9 Å². The Morgan fingerprint density at radius 3 is 2.40 bits per heavy atom. The van der Waals surface area contributed by atoms with E-state index in [0.29, 0.717) is 6.07 Å². The Hall–Kier alpha value is -2.30. The van der Waals surface area contributed by atoms with E-state index in [2.05, 4.69) is 4.74 Å². The fourth-order valence-electron chi connectivity index (χ4n) is 1.68. The van der Waals surface area contributed by atoms with E-state index in [-0.39, 0.29) is 12.2 Å². The Morgan fingerprint density at radius 2 is 1.90 bits per heavy atom. The summed E-state index contributed by atoms with van der Waals surface area (Å²) in [4.78, 5) is 1.08. The summed E-state index contributed by atoms with van der Waals surface area (Å²) in [6, 6.07) is 2.91. The molecule has 0 N–H and O–H groups in total. The van der Waals surface area contributed by atoms with Gasteiger partial charge in [-0.2, -0.15) is 18.4 Å². The molecule has 0 aromatic heterocycles. The van der Waals surface area contributed by atoms with Crippen LogP contribution in [0.4, 0.5) is 27.6 Å². The van der Waals surface area contributed by atoms with Crippen molar-refractivity contribution >= 4 is 5.69 Å². The second-order valence-corrected chi connectivity index (χ2v) is 3.96. The third kappa shape index (κ3) is 2.66. The molecule has 1 aliphatic heterocycles. The van der Waals surface area contributed by atoms with Gasteiger partial charge in [-0.1, -0.05) is 0 Å². The number of hydrogen-bond acceptors (Lipinski definition) is 3. The molecule has 3 nitrogen and oxygen atoms in total. The highest BCUT2D eigenvalue weighted by molar-refractivity contribution is 5.52. The molecule has 2 rings (SSSR count). The molecule has 106 valence electrons. The van der Waals surface area contributed by atoms with Gasteiger partial charge in [0.05, 0.1) is 11.3 Å². The number of ether oxygens (including phenoxy) is 1. The molecule has 0 radical (unpaired) electrons. The van der Waals surface area contributed by atoms with E-state index in [1.807, 2.05) is 0 Å². The Morgan fingerprint density at radius 1 is 1.20 bits per heavy atom. The van der Waals surface area contributed by atoms with Crippen molar-refractivity contribution in [2.75, 3.05) is 18.2 Å². The number of allylic oxidation sites excluding steroid dienone is 1. The van der Waals surface area contributed by atoms with Gasteiger partial charge in [-0.25, -0.2) is 8.78 Å². The number of anilines is 1. The summed E-state index contributed by atoms with van der Waals surface area (Å²) in [5, 5.41) is 8.54. The van der Waals surface area contributed by atoms with Gasteiger partial charge in [0.15, 0.2) is 6.73 Å². The van der Waals surface area contributed by atoms with E-state index in [9.17, 15) is 22.0 Å². The number of halogens is 5. The number of rotatable bonds is 1. The molecule has 8 heteroatoms. The van der Waals surface area contributed by atoms with Crippen LogP contribution >= 0.6 is 0 Å². The van der Waals surface area contributed by atoms with Crippen molar-refractivity contribution in [3.63, 3.8) is 0 Å². The second-order valence-electron chi connectivity index (χ2n) is 3.96. The van der Waals surface area contributed by atoms with E-state index in [4.69, 9.17) is 5.26 Å². The molecule has 0 unspecified atom stereocenters. The molecular weight excluding hydrogens is 283 g/mol. The number of hydrogen-bond donors (Lipinski definition) is 0. The molecule has 0 spiro atoms. The van der Waals surface area contributed by atoms with E-state index in [1.165, 1.54) is 6.07 Å². The minimum atomic E-state index is -4.61. The minimum absolute atomic E-state index is 0.265. The standard InChI is InChI=1S/C12H7F5N2O/c13-8-4-10(9(14)3-7(8)5-18)19-2-1-11(20-6-19)12(15,16)17/h1,3-4H,2,6H2. The van der Waals surface area contributed by atoms with Crippen molar-refractivity contribution in [2.24, 2.45) is 0 Å². The van der Waals surface area contributed by atoms with Crippen LogP contribution in [0.1, 0.15) is 5.56 Å². The summed E-state index contributed by atoms with van der Waals surface area (Å²) in [7, 11) is 0. The summed E-state index contributed by atoms with van der Waals surface area (Å²) in [5.41, 5.74) is -0.741. The molecule has 0 aliphatic carbocycles. The molecule has 1 heterocycles. The van der Waals surface area contributed by atoms with E-state index >= 15 is 0 Å². The van der Waals surface area contributed by atoms with Gasteiger partial charge < -0.3 is 9.64 Å². The smallest absolute Gasteiger partial charge is 0.448 e. The van der Waals surface area contributed by atoms with Crippen LogP contribution in [0, 0.1) is 23.0 Å². The monoisotopic (exact) mass is 290 g/mol. The van der Waals surface area contributed by atoms with Crippen LogP contribution in [0.25, 0.3) is 0 Å². The Kier molecular flexibility index (Phi) is 3.53. The van der Waals surface area contributed by atoms with E-state index in [0.717, 1.165) is 17.0 Å². The average Bonchev–Trinajstić information content (AvgIpc) is 2.40. The highest BCUT2D eigenvalue weighted by Gasteiger charge is 2.37. The van der Waals surface area contributed by atoms with Crippen molar-refractivity contribution in [1.82, 2.24) is 0 Å². The van der Waals surface area contributed by atoms with Crippen LogP contribution in [0.3, 0.4) is 0 Å². The van der Waals surface area contributed by atoms with Crippen LogP contribution in [0.15, 0.2) is 24.0 Å². The Balaban J connectivity index is 2.26. The molecule has 1 aliphatic rings. The molecule has 20 heavy (non-hydrogen) atoms. The molecule has 0 saturated heterocycles. The zero-order chi connectivity index (χ0) is 14.9. The van der Waals surface area contributed by atoms with Crippen LogP contribution < -0.4 is 4.90 Å². The lowest BCUT2D eigenvalue weighted by atomic mass is 10.2. The molecule has 0 atom stereocenters. The van der Waals surface area contributed by atoms with Crippen molar-refractivity contribution in [2.45, 2.75) is 6.18 Å². The first-order valence-electron chi connectivity index (χ1n) is 5.37. The summed E-state index contributed by atoms with van der Waals surface area (Å²) < 4.78 is 68.5. The summed E-state index contributed by atoms with van der Waals surface area (Å²) in [6.07, 6.45) is -3.88. The van der Waals surface area contributed by atoms with Gasteiger partial charge in [0.2, 0.25) is 5.76 Å². The fourth-order valence-corrected chi connectivity index (χ4v) is 1.68. The van der Waals surface area contributed by atoms with Crippen LogP contribution in [-0.2, 0) is 4.74 Å². The van der Waals surface area contributed by atoms with Gasteiger partial charge in [0.1, 0.15) is 17.7 Å². The first kappa shape index (κ1) is 14.1. The Bertz CT molecular complexity index is 603.